The molecular formula is C21H20N6O3. The van der Waals surface area contributed by atoms with Crippen LogP contribution in [0.3, 0.4) is 0 Å². The standard InChI is InChI=1S/C21H20N6O3/c1-8-26(7)16-9-10-18(17(11-16)13(2)28)25-21(24-6)20(19(12-22)23-5)27(14(3)29)15(4)30/h9-11H,8H2,1-4,7H3/b20-19+,25-21?. The SMILES string of the molecule is [C-]#[N+]C(=Nc1ccc(N(C)CC)cc1C(C)=O)/C(=C(/C#N)[N+]#[C-])N(C(C)=O)C(C)=O. The Kier molecular flexibility index (Phi) is 8.16. The third-order valence-electron chi connectivity index (χ3n) is 4.11. The van der Waals surface area contributed by atoms with Crippen LogP contribution >= 0.6 is 0 Å². The van der Waals surface area contributed by atoms with Gasteiger partial charge in [0.2, 0.25) is 11.8 Å². The summed E-state index contributed by atoms with van der Waals surface area (Å²) in [7, 11) is 1.85. The largest absolute Gasteiger partial charge is 0.375 e. The topological polar surface area (TPSA) is 103 Å². The van der Waals surface area contributed by atoms with Gasteiger partial charge in [0.15, 0.2) is 11.5 Å². The second-order valence-electron chi connectivity index (χ2n) is 6.11. The number of benzene rings is 1. The van der Waals surface area contributed by atoms with E-state index in [1.165, 1.54) is 13.0 Å². The predicted octanol–water partition coefficient (Wildman–Crippen LogP) is 3.34. The molecule has 1 aromatic carbocycles. The number of hydrogen-bond acceptors (Lipinski definition) is 6. The van der Waals surface area contributed by atoms with Crippen LogP contribution in [-0.4, -0.2) is 41.9 Å². The smallest absolute Gasteiger partial charge is 0.284 e. The maximum Gasteiger partial charge on any atom is 0.284 e. The molecule has 1 rings (SSSR count). The summed E-state index contributed by atoms with van der Waals surface area (Å²) >= 11 is 0. The highest BCUT2D eigenvalue weighted by Crippen LogP contribution is 2.28. The number of amides is 2. The monoisotopic (exact) mass is 404 g/mol. The summed E-state index contributed by atoms with van der Waals surface area (Å²) in [5, 5.41) is 9.30. The van der Waals surface area contributed by atoms with Gasteiger partial charge in [-0.2, -0.15) is 0 Å². The lowest BCUT2D eigenvalue weighted by Gasteiger charge is -2.20. The van der Waals surface area contributed by atoms with Crippen LogP contribution in [0.5, 0.6) is 0 Å². The normalized spacial score (nSPS) is 11.3. The first-order valence-corrected chi connectivity index (χ1v) is 8.78. The first-order chi connectivity index (χ1) is 14.1. The van der Waals surface area contributed by atoms with Gasteiger partial charge in [0, 0.05) is 33.1 Å². The maximum absolute atomic E-state index is 12.2. The Balaban J connectivity index is 3.87. The number of aliphatic imine (C=N–C) groups is 1. The molecule has 2 amide bonds. The molecule has 0 saturated heterocycles. The summed E-state index contributed by atoms with van der Waals surface area (Å²) < 4.78 is 0. The van der Waals surface area contributed by atoms with Crippen molar-refractivity contribution >= 4 is 34.8 Å². The van der Waals surface area contributed by atoms with Crippen molar-refractivity contribution in [3.05, 3.63) is 58.0 Å². The first kappa shape index (κ1) is 23.7. The minimum Gasteiger partial charge on any atom is -0.375 e. The van der Waals surface area contributed by atoms with Crippen molar-refractivity contribution < 1.29 is 14.4 Å². The van der Waals surface area contributed by atoms with Gasteiger partial charge in [0.25, 0.3) is 11.5 Å². The quantitative estimate of drug-likeness (QED) is 0.238. The minimum atomic E-state index is -0.781. The zero-order chi connectivity index (χ0) is 23.0. The molecule has 0 atom stereocenters. The number of Topliss-reactive ketones (excluding diaryl/α,β-unsaturated/α-hetero) is 1. The Morgan fingerprint density at radius 3 is 2.13 bits per heavy atom. The number of carbonyl (C=O) groups is 3. The maximum atomic E-state index is 12.2. The Labute approximate surface area is 175 Å². The van der Waals surface area contributed by atoms with Crippen LogP contribution < -0.4 is 4.90 Å². The summed E-state index contributed by atoms with van der Waals surface area (Å²) in [5.74, 6) is -2.39. The molecule has 0 aromatic heterocycles. The Morgan fingerprint density at radius 2 is 1.73 bits per heavy atom. The zero-order valence-corrected chi connectivity index (χ0v) is 17.3. The second kappa shape index (κ2) is 10.3. The lowest BCUT2D eigenvalue weighted by molar-refractivity contribution is -0.139. The van der Waals surface area contributed by atoms with E-state index in [9.17, 15) is 19.6 Å². The van der Waals surface area contributed by atoms with Gasteiger partial charge in [-0.05, 0) is 32.0 Å². The number of nitriles is 1. The number of carbonyl (C=O) groups excluding carboxylic acids is 3. The molecule has 9 heteroatoms. The molecular weight excluding hydrogens is 384 g/mol. The van der Waals surface area contributed by atoms with Gasteiger partial charge in [-0.3, -0.25) is 19.3 Å². The summed E-state index contributed by atoms with van der Waals surface area (Å²) in [5.41, 5.74) is -0.0521. The molecule has 0 heterocycles. The number of nitrogens with zero attached hydrogens (tertiary/aromatic N) is 6. The van der Waals surface area contributed by atoms with Crippen LogP contribution in [-0.2, 0) is 9.59 Å². The minimum absolute atomic E-state index is 0.119. The molecule has 0 aliphatic heterocycles. The van der Waals surface area contributed by atoms with Gasteiger partial charge in [-0.1, -0.05) is 6.57 Å². The third kappa shape index (κ3) is 5.15. The van der Waals surface area contributed by atoms with Crippen LogP contribution in [0.2, 0.25) is 0 Å². The van der Waals surface area contributed by atoms with E-state index in [2.05, 4.69) is 14.7 Å². The molecule has 152 valence electrons. The number of amidine groups is 1. The summed E-state index contributed by atoms with van der Waals surface area (Å²) in [4.78, 5) is 49.1. The fourth-order valence-corrected chi connectivity index (χ4v) is 2.55. The molecule has 0 aliphatic rings. The summed E-state index contributed by atoms with van der Waals surface area (Å²) in [6.07, 6.45) is 0. The van der Waals surface area contributed by atoms with Crippen molar-refractivity contribution in [2.45, 2.75) is 27.7 Å². The van der Waals surface area contributed by atoms with E-state index in [-0.39, 0.29) is 17.0 Å². The number of anilines is 1. The Morgan fingerprint density at radius 1 is 1.13 bits per heavy atom. The van der Waals surface area contributed by atoms with Crippen molar-refractivity contribution in [2.24, 2.45) is 4.99 Å². The fraction of sp³-hybridized carbons (Fsp3) is 0.286. The molecule has 0 radical (unpaired) electrons. The molecule has 0 fully saturated rings. The van der Waals surface area contributed by atoms with Crippen LogP contribution in [0, 0.1) is 24.5 Å². The number of imide groups is 1. The summed E-state index contributed by atoms with van der Waals surface area (Å²) in [6.45, 7) is 20.8. The first-order valence-electron chi connectivity index (χ1n) is 8.78. The molecule has 9 nitrogen and oxygen atoms in total. The van der Waals surface area contributed by atoms with E-state index in [1.807, 2.05) is 18.9 Å². The summed E-state index contributed by atoms with van der Waals surface area (Å²) in [6, 6.07) is 6.43. The van der Waals surface area contributed by atoms with Crippen molar-refractivity contribution in [3.63, 3.8) is 0 Å². The zero-order valence-electron chi connectivity index (χ0n) is 17.3. The van der Waals surface area contributed by atoms with E-state index in [0.29, 0.717) is 11.4 Å². The number of ketones is 1. The average Bonchev–Trinajstić information content (AvgIpc) is 2.70. The van der Waals surface area contributed by atoms with Gasteiger partial charge in [-0.25, -0.2) is 10.1 Å². The lowest BCUT2D eigenvalue weighted by atomic mass is 10.1. The Hall–Kier alpha value is -4.29. The van der Waals surface area contributed by atoms with E-state index < -0.39 is 29.0 Å². The lowest BCUT2D eigenvalue weighted by Crippen LogP contribution is -2.36. The van der Waals surface area contributed by atoms with Crippen LogP contribution in [0.1, 0.15) is 38.1 Å². The van der Waals surface area contributed by atoms with Crippen molar-refractivity contribution in [2.75, 3.05) is 18.5 Å². The molecule has 0 saturated carbocycles. The van der Waals surface area contributed by atoms with Crippen LogP contribution in [0.25, 0.3) is 9.69 Å². The molecule has 30 heavy (non-hydrogen) atoms. The highest BCUT2D eigenvalue weighted by atomic mass is 16.2. The van der Waals surface area contributed by atoms with E-state index in [4.69, 9.17) is 13.1 Å². The van der Waals surface area contributed by atoms with E-state index in [0.717, 1.165) is 19.5 Å². The Bertz CT molecular complexity index is 1050. The number of hydrogen-bond donors (Lipinski definition) is 0. The van der Waals surface area contributed by atoms with Crippen molar-refractivity contribution in [1.82, 2.24) is 4.90 Å². The molecule has 1 aromatic rings. The van der Waals surface area contributed by atoms with Gasteiger partial charge >= 0.3 is 0 Å². The second-order valence-corrected chi connectivity index (χ2v) is 6.11. The van der Waals surface area contributed by atoms with Crippen molar-refractivity contribution in [3.8, 4) is 6.07 Å². The predicted molar refractivity (Wildman–Crippen MR) is 112 cm³/mol. The molecule has 0 unspecified atom stereocenters. The van der Waals surface area contributed by atoms with E-state index in [1.54, 1.807) is 18.2 Å². The van der Waals surface area contributed by atoms with Gasteiger partial charge in [-0.15, -0.1) is 4.99 Å². The number of rotatable bonds is 6. The van der Waals surface area contributed by atoms with E-state index >= 15 is 0 Å². The highest BCUT2D eigenvalue weighted by Gasteiger charge is 2.28. The fourth-order valence-electron chi connectivity index (χ4n) is 2.55. The molecule has 0 bridgehead atoms. The average molecular weight is 404 g/mol. The molecule has 0 aliphatic carbocycles. The molecule has 0 spiro atoms. The molecule has 0 N–H and O–H groups in total. The van der Waals surface area contributed by atoms with Crippen molar-refractivity contribution in [1.29, 1.82) is 5.26 Å². The van der Waals surface area contributed by atoms with Gasteiger partial charge in [0.05, 0.1) is 23.9 Å². The third-order valence-corrected chi connectivity index (χ3v) is 4.11. The van der Waals surface area contributed by atoms with Crippen LogP contribution in [0.15, 0.2) is 34.6 Å². The van der Waals surface area contributed by atoms with Crippen LogP contribution in [0.4, 0.5) is 11.4 Å². The van der Waals surface area contributed by atoms with Gasteiger partial charge < -0.3 is 9.74 Å². The van der Waals surface area contributed by atoms with Gasteiger partial charge in [0.1, 0.15) is 0 Å². The number of allylic oxidation sites excluding steroid dienone is 1. The highest BCUT2D eigenvalue weighted by molar-refractivity contribution is 6.14.